The highest BCUT2D eigenvalue weighted by Crippen LogP contribution is 2.37. The van der Waals surface area contributed by atoms with Crippen molar-refractivity contribution in [3.63, 3.8) is 0 Å². The number of rotatable bonds is 7. The van der Waals surface area contributed by atoms with Gasteiger partial charge in [-0.1, -0.05) is 62.6 Å². The van der Waals surface area contributed by atoms with Crippen molar-refractivity contribution >= 4 is 6.08 Å². The lowest BCUT2D eigenvalue weighted by Crippen LogP contribution is -2.13. The maximum absolute atomic E-state index is 12.1. The zero-order chi connectivity index (χ0) is 17.4. The number of alkyl halides is 3. The summed E-state index contributed by atoms with van der Waals surface area (Å²) < 4.78 is 36.3. The van der Waals surface area contributed by atoms with Gasteiger partial charge in [-0.15, -0.1) is 0 Å². The second kappa shape index (κ2) is 9.29. The molecule has 0 radical (unpaired) electrons. The van der Waals surface area contributed by atoms with Crippen molar-refractivity contribution in [3.8, 4) is 0 Å². The summed E-state index contributed by atoms with van der Waals surface area (Å²) in [7, 11) is 0. The van der Waals surface area contributed by atoms with Gasteiger partial charge in [-0.25, -0.2) is 0 Å². The number of halogens is 3. The summed E-state index contributed by atoms with van der Waals surface area (Å²) in [5.74, 6) is 1.57. The predicted octanol–water partition coefficient (Wildman–Crippen LogP) is 7.51. The minimum Gasteiger partial charge on any atom is -0.171 e. The van der Waals surface area contributed by atoms with Crippen LogP contribution < -0.4 is 0 Å². The maximum atomic E-state index is 12.1. The highest BCUT2D eigenvalue weighted by atomic mass is 19.4. The number of hydrogen-bond acceptors (Lipinski definition) is 0. The van der Waals surface area contributed by atoms with Crippen LogP contribution in [0.5, 0.6) is 0 Å². The summed E-state index contributed by atoms with van der Waals surface area (Å²) >= 11 is 0. The molecule has 2 rings (SSSR count). The molecule has 0 nitrogen and oxygen atoms in total. The molecule has 0 spiro atoms. The van der Waals surface area contributed by atoms with E-state index in [0.717, 1.165) is 11.5 Å². The zero-order valence-corrected chi connectivity index (χ0v) is 14.6. The van der Waals surface area contributed by atoms with Crippen LogP contribution in [0.3, 0.4) is 0 Å². The number of allylic oxidation sites excluding steroid dienone is 1. The van der Waals surface area contributed by atoms with Crippen molar-refractivity contribution in [2.45, 2.75) is 76.8 Å². The molecule has 24 heavy (non-hydrogen) atoms. The highest BCUT2D eigenvalue weighted by Gasteiger charge is 2.25. The molecule has 3 heteroatoms. The Kier molecular flexibility index (Phi) is 7.39. The third-order valence-corrected chi connectivity index (χ3v) is 5.13. The second-order valence-electron chi connectivity index (χ2n) is 7.08. The Bertz CT molecular complexity index is 491. The Balaban J connectivity index is 1.79. The van der Waals surface area contributed by atoms with Gasteiger partial charge >= 0.3 is 6.18 Å². The molecule has 0 N–H and O–H groups in total. The fourth-order valence-electron chi connectivity index (χ4n) is 3.62. The van der Waals surface area contributed by atoms with Gasteiger partial charge in [0, 0.05) is 6.42 Å². The Morgan fingerprint density at radius 3 is 2.29 bits per heavy atom. The molecule has 0 atom stereocenters. The van der Waals surface area contributed by atoms with Crippen LogP contribution in [0.4, 0.5) is 13.2 Å². The van der Waals surface area contributed by atoms with Gasteiger partial charge < -0.3 is 0 Å². The van der Waals surface area contributed by atoms with Gasteiger partial charge in [-0.3, -0.25) is 0 Å². The Hall–Kier alpha value is -1.25. The molecule has 0 aliphatic heterocycles. The van der Waals surface area contributed by atoms with Gasteiger partial charge in [0.15, 0.2) is 0 Å². The molecule has 0 amide bonds. The molecule has 0 unspecified atom stereocenters. The average Bonchev–Trinajstić information content (AvgIpc) is 2.57. The van der Waals surface area contributed by atoms with E-state index in [4.69, 9.17) is 0 Å². The fourth-order valence-corrected chi connectivity index (χ4v) is 3.62. The number of hydrogen-bond donors (Lipinski definition) is 0. The van der Waals surface area contributed by atoms with E-state index in [-0.39, 0.29) is 6.42 Å². The maximum Gasteiger partial charge on any atom is 0.389 e. The minimum atomic E-state index is -4.07. The van der Waals surface area contributed by atoms with Crippen molar-refractivity contribution in [1.29, 1.82) is 0 Å². The molecule has 134 valence electrons. The lowest BCUT2D eigenvalue weighted by Gasteiger charge is -2.28. The minimum absolute atomic E-state index is 0.0486. The third-order valence-electron chi connectivity index (χ3n) is 5.13. The van der Waals surface area contributed by atoms with E-state index in [0.29, 0.717) is 5.92 Å². The van der Waals surface area contributed by atoms with Crippen molar-refractivity contribution in [2.24, 2.45) is 5.92 Å². The van der Waals surface area contributed by atoms with Crippen LogP contribution >= 0.6 is 0 Å². The Morgan fingerprint density at radius 2 is 1.71 bits per heavy atom. The molecule has 0 aromatic heterocycles. The van der Waals surface area contributed by atoms with Crippen LogP contribution in [0.25, 0.3) is 6.08 Å². The Labute approximate surface area is 144 Å². The lowest BCUT2D eigenvalue weighted by atomic mass is 9.77. The number of benzene rings is 1. The van der Waals surface area contributed by atoms with Crippen LogP contribution in [-0.4, -0.2) is 6.18 Å². The topological polar surface area (TPSA) is 0 Å². The molecule has 1 aliphatic carbocycles. The summed E-state index contributed by atoms with van der Waals surface area (Å²) in [6.07, 6.45) is 7.88. The molecule has 1 fully saturated rings. The monoisotopic (exact) mass is 338 g/mol. The molecule has 1 aromatic carbocycles. The van der Waals surface area contributed by atoms with Gasteiger partial charge in [-0.05, 0) is 55.1 Å². The first-order valence-corrected chi connectivity index (χ1v) is 9.31. The molecule has 1 aliphatic rings. The molecule has 0 heterocycles. The number of unbranched alkanes of at least 4 members (excludes halogenated alkanes) is 1. The molecular formula is C21H29F3. The van der Waals surface area contributed by atoms with E-state index < -0.39 is 12.6 Å². The van der Waals surface area contributed by atoms with E-state index in [1.165, 1.54) is 50.5 Å². The smallest absolute Gasteiger partial charge is 0.171 e. The standard InChI is InChI=1S/C21H29F3/c1-2-3-6-17-8-12-19(13-9-17)20-14-10-18(11-15-20)7-4-5-16-21(22,23)24/h4,7,10-11,14-15,17,19H,2-3,5-6,8-9,12-13,16H2,1H3. The van der Waals surface area contributed by atoms with Gasteiger partial charge in [-0.2, -0.15) is 13.2 Å². The normalized spacial score (nSPS) is 22.2. The first-order chi connectivity index (χ1) is 11.5. The fraction of sp³-hybridized carbons (Fsp3) is 0.619. The van der Waals surface area contributed by atoms with Crippen molar-refractivity contribution in [2.75, 3.05) is 0 Å². The van der Waals surface area contributed by atoms with E-state index >= 15 is 0 Å². The SMILES string of the molecule is CCCCC1CCC(c2ccc(C=CCCC(F)(F)F)cc2)CC1. The second-order valence-corrected chi connectivity index (χ2v) is 7.08. The van der Waals surface area contributed by atoms with Crippen LogP contribution in [0.15, 0.2) is 30.3 Å². The third kappa shape index (κ3) is 6.70. The van der Waals surface area contributed by atoms with E-state index in [1.807, 2.05) is 12.1 Å². The molecule has 1 saturated carbocycles. The van der Waals surface area contributed by atoms with Gasteiger partial charge in [0.05, 0.1) is 0 Å². The van der Waals surface area contributed by atoms with Crippen molar-refractivity contribution in [1.82, 2.24) is 0 Å². The van der Waals surface area contributed by atoms with Crippen LogP contribution in [0.2, 0.25) is 0 Å². The van der Waals surface area contributed by atoms with Crippen LogP contribution in [0, 0.1) is 5.92 Å². The molecule has 0 saturated heterocycles. The molecular weight excluding hydrogens is 309 g/mol. The summed E-state index contributed by atoms with van der Waals surface area (Å²) in [6.45, 7) is 2.25. The average molecular weight is 338 g/mol. The first-order valence-electron chi connectivity index (χ1n) is 9.31. The van der Waals surface area contributed by atoms with Crippen molar-refractivity contribution < 1.29 is 13.2 Å². The summed E-state index contributed by atoms with van der Waals surface area (Å²) in [6, 6.07) is 8.37. The summed E-state index contributed by atoms with van der Waals surface area (Å²) in [5, 5.41) is 0. The van der Waals surface area contributed by atoms with E-state index in [2.05, 4.69) is 19.1 Å². The zero-order valence-electron chi connectivity index (χ0n) is 14.6. The largest absolute Gasteiger partial charge is 0.389 e. The van der Waals surface area contributed by atoms with Gasteiger partial charge in [0.2, 0.25) is 0 Å². The van der Waals surface area contributed by atoms with E-state index in [9.17, 15) is 13.2 Å². The predicted molar refractivity (Wildman–Crippen MR) is 95.0 cm³/mol. The molecule has 0 bridgehead atoms. The van der Waals surface area contributed by atoms with Gasteiger partial charge in [0.1, 0.15) is 0 Å². The highest BCUT2D eigenvalue weighted by molar-refractivity contribution is 5.49. The van der Waals surface area contributed by atoms with Gasteiger partial charge in [0.25, 0.3) is 0 Å². The van der Waals surface area contributed by atoms with E-state index in [1.54, 1.807) is 12.2 Å². The Morgan fingerprint density at radius 1 is 1.04 bits per heavy atom. The first kappa shape index (κ1) is 19.1. The summed E-state index contributed by atoms with van der Waals surface area (Å²) in [5.41, 5.74) is 2.37. The molecule has 1 aromatic rings. The van der Waals surface area contributed by atoms with Crippen molar-refractivity contribution in [3.05, 3.63) is 41.5 Å². The quantitative estimate of drug-likeness (QED) is 0.482. The summed E-state index contributed by atoms with van der Waals surface area (Å²) in [4.78, 5) is 0. The van der Waals surface area contributed by atoms with Crippen LogP contribution in [0.1, 0.15) is 81.8 Å². The van der Waals surface area contributed by atoms with Crippen LogP contribution in [-0.2, 0) is 0 Å². The lowest BCUT2D eigenvalue weighted by molar-refractivity contribution is -0.133.